The normalized spacial score (nSPS) is 9.95. The molecule has 0 spiro atoms. The molecule has 0 fully saturated rings. The van der Waals surface area contributed by atoms with E-state index in [2.05, 4.69) is 0 Å². The largest absolute Gasteiger partial charge is 0.311 e. The van der Waals surface area contributed by atoms with Crippen LogP contribution in [0.25, 0.3) is 0 Å². The van der Waals surface area contributed by atoms with E-state index >= 15 is 0 Å². The number of carbonyl (C=O) groups excluding carboxylic acids is 1. The lowest BCUT2D eigenvalue weighted by molar-refractivity contribution is -0.384. The molecule has 2 aromatic carbocycles. The Morgan fingerprint density at radius 3 is 2.16 bits per heavy atom. The summed E-state index contributed by atoms with van der Waals surface area (Å²) in [6.45, 7) is 0. The van der Waals surface area contributed by atoms with Crippen molar-refractivity contribution < 1.29 is 9.72 Å². The maximum Gasteiger partial charge on any atom is 0.269 e. The Balaban J connectivity index is 2.22. The van der Waals surface area contributed by atoms with Gasteiger partial charge in [-0.25, -0.2) is 0 Å². The summed E-state index contributed by atoms with van der Waals surface area (Å²) in [6, 6.07) is 14.7. The Morgan fingerprint density at radius 1 is 1.05 bits per heavy atom. The van der Waals surface area contributed by atoms with Gasteiger partial charge >= 0.3 is 0 Å². The van der Waals surface area contributed by atoms with Crippen molar-refractivity contribution in [3.05, 3.63) is 70.3 Å². The van der Waals surface area contributed by atoms with Crippen LogP contribution in [-0.4, -0.2) is 17.9 Å². The Labute approximate surface area is 110 Å². The molecule has 0 bridgehead atoms. The molecule has 0 heterocycles. The van der Waals surface area contributed by atoms with Crippen molar-refractivity contribution in [3.63, 3.8) is 0 Å². The van der Waals surface area contributed by atoms with E-state index in [0.29, 0.717) is 11.3 Å². The number of anilines is 1. The third-order valence-corrected chi connectivity index (χ3v) is 2.77. The quantitative estimate of drug-likeness (QED) is 0.626. The maximum absolute atomic E-state index is 12.2. The number of benzene rings is 2. The van der Waals surface area contributed by atoms with Gasteiger partial charge in [0.1, 0.15) is 0 Å². The average Bonchev–Trinajstić information content (AvgIpc) is 2.46. The van der Waals surface area contributed by atoms with Crippen LogP contribution in [0.3, 0.4) is 0 Å². The zero-order valence-electron chi connectivity index (χ0n) is 10.3. The number of nitro groups is 1. The van der Waals surface area contributed by atoms with Crippen LogP contribution in [0, 0.1) is 10.1 Å². The first-order valence-electron chi connectivity index (χ1n) is 5.67. The molecule has 0 radical (unpaired) electrons. The van der Waals surface area contributed by atoms with Crippen LogP contribution in [0.4, 0.5) is 11.4 Å². The van der Waals surface area contributed by atoms with Gasteiger partial charge in [-0.05, 0) is 24.3 Å². The summed E-state index contributed by atoms with van der Waals surface area (Å²) >= 11 is 0. The molecular weight excluding hydrogens is 244 g/mol. The minimum atomic E-state index is -0.469. The molecule has 0 unspecified atom stereocenters. The first kappa shape index (κ1) is 12.8. The minimum Gasteiger partial charge on any atom is -0.311 e. The van der Waals surface area contributed by atoms with Crippen LogP contribution < -0.4 is 4.90 Å². The van der Waals surface area contributed by atoms with Gasteiger partial charge in [0.25, 0.3) is 11.6 Å². The summed E-state index contributed by atoms with van der Waals surface area (Å²) in [4.78, 5) is 23.7. The van der Waals surface area contributed by atoms with Crippen LogP contribution in [-0.2, 0) is 0 Å². The van der Waals surface area contributed by atoms with E-state index in [4.69, 9.17) is 0 Å². The van der Waals surface area contributed by atoms with Crippen molar-refractivity contribution in [1.82, 2.24) is 0 Å². The second-order valence-electron chi connectivity index (χ2n) is 4.00. The Morgan fingerprint density at radius 2 is 1.63 bits per heavy atom. The van der Waals surface area contributed by atoms with E-state index in [1.165, 1.54) is 17.0 Å². The molecule has 0 aliphatic carbocycles. The van der Waals surface area contributed by atoms with Gasteiger partial charge in [0.05, 0.1) is 4.92 Å². The standard InChI is InChI=1S/C14H12N2O3/c1-15(14(17)11-5-3-2-4-6-11)12-7-9-13(10-8-12)16(18)19/h2-10H,1H3. The van der Waals surface area contributed by atoms with E-state index in [1.54, 1.807) is 43.4 Å². The number of non-ortho nitro benzene ring substituents is 1. The average molecular weight is 256 g/mol. The highest BCUT2D eigenvalue weighted by atomic mass is 16.6. The molecule has 5 nitrogen and oxygen atoms in total. The molecule has 0 aliphatic rings. The predicted octanol–water partition coefficient (Wildman–Crippen LogP) is 2.87. The van der Waals surface area contributed by atoms with Gasteiger partial charge in [-0.3, -0.25) is 14.9 Å². The summed E-state index contributed by atoms with van der Waals surface area (Å²) in [7, 11) is 1.64. The third-order valence-electron chi connectivity index (χ3n) is 2.77. The lowest BCUT2D eigenvalue weighted by Gasteiger charge is -2.17. The van der Waals surface area contributed by atoms with Crippen molar-refractivity contribution in [1.29, 1.82) is 0 Å². The molecule has 0 aliphatic heterocycles. The summed E-state index contributed by atoms with van der Waals surface area (Å²) in [5.74, 6) is -0.158. The number of rotatable bonds is 3. The Bertz CT molecular complexity index is 594. The predicted molar refractivity (Wildman–Crippen MR) is 72.3 cm³/mol. The van der Waals surface area contributed by atoms with E-state index in [-0.39, 0.29) is 11.6 Å². The van der Waals surface area contributed by atoms with Crippen molar-refractivity contribution >= 4 is 17.3 Å². The van der Waals surface area contributed by atoms with Crippen molar-refractivity contribution in [2.24, 2.45) is 0 Å². The fraction of sp³-hybridized carbons (Fsp3) is 0.0714. The molecular formula is C14H12N2O3. The second kappa shape index (κ2) is 5.30. The van der Waals surface area contributed by atoms with E-state index in [0.717, 1.165) is 0 Å². The van der Waals surface area contributed by atoms with Crippen LogP contribution >= 0.6 is 0 Å². The zero-order chi connectivity index (χ0) is 13.8. The highest BCUT2D eigenvalue weighted by molar-refractivity contribution is 6.05. The van der Waals surface area contributed by atoms with Gasteiger partial charge in [0.15, 0.2) is 0 Å². The summed E-state index contributed by atoms with van der Waals surface area (Å²) in [5, 5.41) is 10.6. The molecule has 1 amide bonds. The maximum atomic E-state index is 12.2. The molecule has 0 saturated heterocycles. The number of nitrogens with zero attached hydrogens (tertiary/aromatic N) is 2. The molecule has 5 heteroatoms. The van der Waals surface area contributed by atoms with Gasteiger partial charge in [-0.1, -0.05) is 18.2 Å². The molecule has 0 aromatic heterocycles. The molecule has 19 heavy (non-hydrogen) atoms. The highest BCUT2D eigenvalue weighted by Crippen LogP contribution is 2.19. The fourth-order valence-corrected chi connectivity index (χ4v) is 1.69. The number of hydrogen-bond donors (Lipinski definition) is 0. The monoisotopic (exact) mass is 256 g/mol. The first-order valence-corrected chi connectivity index (χ1v) is 5.67. The summed E-state index contributed by atoms with van der Waals surface area (Å²) in [6.07, 6.45) is 0. The van der Waals surface area contributed by atoms with Gasteiger partial charge in [-0.15, -0.1) is 0 Å². The summed E-state index contributed by atoms with van der Waals surface area (Å²) in [5.41, 5.74) is 1.19. The Hall–Kier alpha value is -2.69. The number of amides is 1. The molecule has 2 aromatic rings. The SMILES string of the molecule is CN(C(=O)c1ccccc1)c1ccc([N+](=O)[O-])cc1. The molecule has 2 rings (SSSR count). The lowest BCUT2D eigenvalue weighted by Crippen LogP contribution is -2.26. The molecule has 0 saturated carbocycles. The molecule has 0 atom stereocenters. The van der Waals surface area contributed by atoms with Gasteiger partial charge in [0, 0.05) is 30.4 Å². The second-order valence-corrected chi connectivity index (χ2v) is 4.00. The van der Waals surface area contributed by atoms with Crippen LogP contribution in [0.1, 0.15) is 10.4 Å². The smallest absolute Gasteiger partial charge is 0.269 e. The van der Waals surface area contributed by atoms with Crippen molar-refractivity contribution in [2.45, 2.75) is 0 Å². The number of hydrogen-bond acceptors (Lipinski definition) is 3. The summed E-state index contributed by atoms with van der Waals surface area (Å²) < 4.78 is 0. The topological polar surface area (TPSA) is 63.5 Å². The molecule has 96 valence electrons. The zero-order valence-corrected chi connectivity index (χ0v) is 10.3. The van der Waals surface area contributed by atoms with Crippen LogP contribution in [0.15, 0.2) is 54.6 Å². The number of carbonyl (C=O) groups is 1. The highest BCUT2D eigenvalue weighted by Gasteiger charge is 2.14. The van der Waals surface area contributed by atoms with E-state index < -0.39 is 4.92 Å². The van der Waals surface area contributed by atoms with E-state index in [1.807, 2.05) is 6.07 Å². The number of nitro benzene ring substituents is 1. The fourth-order valence-electron chi connectivity index (χ4n) is 1.69. The molecule has 0 N–H and O–H groups in total. The van der Waals surface area contributed by atoms with Gasteiger partial charge < -0.3 is 4.90 Å². The van der Waals surface area contributed by atoms with Gasteiger partial charge in [0.2, 0.25) is 0 Å². The van der Waals surface area contributed by atoms with Crippen molar-refractivity contribution in [3.8, 4) is 0 Å². The van der Waals surface area contributed by atoms with Crippen molar-refractivity contribution in [2.75, 3.05) is 11.9 Å². The van der Waals surface area contributed by atoms with E-state index in [9.17, 15) is 14.9 Å². The Kier molecular flexibility index (Phi) is 3.56. The lowest BCUT2D eigenvalue weighted by atomic mass is 10.2. The first-order chi connectivity index (χ1) is 9.09. The van der Waals surface area contributed by atoms with Crippen LogP contribution in [0.2, 0.25) is 0 Å². The third kappa shape index (κ3) is 2.77. The van der Waals surface area contributed by atoms with Gasteiger partial charge in [-0.2, -0.15) is 0 Å². The van der Waals surface area contributed by atoms with Crippen LogP contribution in [0.5, 0.6) is 0 Å². The minimum absolute atomic E-state index is 0.00399.